The first kappa shape index (κ1) is 26.5. The zero-order valence-corrected chi connectivity index (χ0v) is 18.3. The molecule has 3 heteroatoms. The molecule has 162 valence electrons. The summed E-state index contributed by atoms with van der Waals surface area (Å²) in [5.41, 5.74) is 0. The maximum absolute atomic E-state index is 8.95. The summed E-state index contributed by atoms with van der Waals surface area (Å²) in [6.07, 6.45) is 26.9. The highest BCUT2D eigenvalue weighted by atomic mass is 16.3. The molecule has 27 heavy (non-hydrogen) atoms. The number of rotatable bonds is 22. The van der Waals surface area contributed by atoms with Gasteiger partial charge in [0.25, 0.3) is 0 Å². The predicted octanol–water partition coefficient (Wildman–Crippen LogP) is 6.44. The van der Waals surface area contributed by atoms with Crippen molar-refractivity contribution in [2.75, 3.05) is 26.3 Å². The van der Waals surface area contributed by atoms with Gasteiger partial charge in [-0.05, 0) is 31.9 Å². The van der Waals surface area contributed by atoms with Gasteiger partial charge in [-0.15, -0.1) is 0 Å². The molecule has 0 bridgehead atoms. The van der Waals surface area contributed by atoms with Gasteiger partial charge < -0.3 is 15.1 Å². The van der Waals surface area contributed by atoms with Gasteiger partial charge in [0.1, 0.15) is 0 Å². The van der Waals surface area contributed by atoms with Gasteiger partial charge in [0.05, 0.1) is 0 Å². The van der Waals surface area contributed by atoms with Crippen molar-refractivity contribution in [3.8, 4) is 0 Å². The molecular weight excluding hydrogens is 334 g/mol. The van der Waals surface area contributed by atoms with Crippen molar-refractivity contribution in [3.05, 3.63) is 12.3 Å². The van der Waals surface area contributed by atoms with Gasteiger partial charge in [-0.25, -0.2) is 0 Å². The van der Waals surface area contributed by atoms with Crippen LogP contribution in [-0.4, -0.2) is 41.4 Å². The van der Waals surface area contributed by atoms with Gasteiger partial charge in [-0.2, -0.15) is 0 Å². The number of unbranched alkanes of at least 4 members (excludes halogenated alkanes) is 14. The summed E-state index contributed by atoms with van der Waals surface area (Å²) in [4.78, 5) is 2.22. The fraction of sp³-hybridized carbons (Fsp3) is 0.917. The molecule has 0 fully saturated rings. The fourth-order valence-corrected chi connectivity index (χ4v) is 3.49. The van der Waals surface area contributed by atoms with Gasteiger partial charge in [0.2, 0.25) is 0 Å². The van der Waals surface area contributed by atoms with Crippen LogP contribution in [-0.2, 0) is 0 Å². The quantitative estimate of drug-likeness (QED) is 0.211. The molecule has 0 aromatic carbocycles. The second kappa shape index (κ2) is 23.5. The average Bonchev–Trinajstić information content (AvgIpc) is 2.69. The molecule has 0 aliphatic carbocycles. The van der Waals surface area contributed by atoms with Crippen molar-refractivity contribution >= 4 is 0 Å². The van der Waals surface area contributed by atoms with E-state index in [0.717, 1.165) is 32.4 Å². The normalized spacial score (nSPS) is 11.5. The van der Waals surface area contributed by atoms with E-state index in [2.05, 4.69) is 24.1 Å². The predicted molar refractivity (Wildman–Crippen MR) is 119 cm³/mol. The lowest BCUT2D eigenvalue weighted by molar-refractivity contribution is 0.236. The monoisotopic (exact) mass is 383 g/mol. The third-order valence-electron chi connectivity index (χ3n) is 5.25. The molecule has 0 saturated carbocycles. The molecule has 0 amide bonds. The molecular formula is C24H49NO2. The van der Waals surface area contributed by atoms with Gasteiger partial charge in [0, 0.05) is 26.3 Å². The molecule has 0 aromatic heterocycles. The molecule has 2 N–H and O–H groups in total. The first-order valence-electron chi connectivity index (χ1n) is 12.0. The van der Waals surface area contributed by atoms with Crippen molar-refractivity contribution in [1.82, 2.24) is 4.90 Å². The Morgan fingerprint density at radius 2 is 0.963 bits per heavy atom. The van der Waals surface area contributed by atoms with E-state index in [-0.39, 0.29) is 13.2 Å². The van der Waals surface area contributed by atoms with Crippen LogP contribution in [0.15, 0.2) is 12.3 Å². The largest absolute Gasteiger partial charge is 0.396 e. The van der Waals surface area contributed by atoms with E-state index in [1.807, 2.05) is 0 Å². The highest BCUT2D eigenvalue weighted by molar-refractivity contribution is 4.82. The van der Waals surface area contributed by atoms with Crippen LogP contribution in [0.5, 0.6) is 0 Å². The van der Waals surface area contributed by atoms with E-state index < -0.39 is 0 Å². The summed E-state index contributed by atoms with van der Waals surface area (Å²) in [5.74, 6) is 0. The summed E-state index contributed by atoms with van der Waals surface area (Å²) < 4.78 is 0. The van der Waals surface area contributed by atoms with Gasteiger partial charge in [-0.3, -0.25) is 0 Å². The Bertz CT molecular complexity index is 286. The lowest BCUT2D eigenvalue weighted by Gasteiger charge is -2.19. The van der Waals surface area contributed by atoms with E-state index in [0.29, 0.717) is 0 Å². The zero-order valence-electron chi connectivity index (χ0n) is 18.3. The molecule has 0 saturated heterocycles. The van der Waals surface area contributed by atoms with Crippen LogP contribution in [0.3, 0.4) is 0 Å². The Hall–Kier alpha value is -0.540. The molecule has 0 rings (SSSR count). The van der Waals surface area contributed by atoms with Crippen molar-refractivity contribution < 1.29 is 10.2 Å². The topological polar surface area (TPSA) is 43.7 Å². The molecule has 0 aliphatic rings. The number of nitrogens with zero attached hydrogens (tertiary/aromatic N) is 1. The van der Waals surface area contributed by atoms with Crippen molar-refractivity contribution in [2.45, 2.75) is 116 Å². The maximum atomic E-state index is 8.95. The van der Waals surface area contributed by atoms with Crippen LogP contribution < -0.4 is 0 Å². The highest BCUT2D eigenvalue weighted by Gasteiger charge is 1.98. The van der Waals surface area contributed by atoms with E-state index in [1.165, 1.54) is 89.9 Å². The summed E-state index contributed by atoms with van der Waals surface area (Å²) in [6, 6.07) is 0. The molecule has 0 spiro atoms. The first-order chi connectivity index (χ1) is 13.3. The minimum Gasteiger partial charge on any atom is -0.396 e. The molecule has 0 aromatic rings. The molecule has 0 unspecified atom stereocenters. The van der Waals surface area contributed by atoms with Gasteiger partial charge in [0.15, 0.2) is 0 Å². The first-order valence-corrected chi connectivity index (χ1v) is 12.0. The fourth-order valence-electron chi connectivity index (χ4n) is 3.49. The molecule has 0 heterocycles. The van der Waals surface area contributed by atoms with E-state index in [1.54, 1.807) is 0 Å². The number of aliphatic hydroxyl groups is 2. The zero-order chi connectivity index (χ0) is 19.8. The second-order valence-electron chi connectivity index (χ2n) is 7.96. The van der Waals surface area contributed by atoms with Gasteiger partial charge >= 0.3 is 0 Å². The Balaban J connectivity index is 3.35. The van der Waals surface area contributed by atoms with Crippen LogP contribution in [0.4, 0.5) is 0 Å². The maximum Gasteiger partial charge on any atom is 0.0447 e. The smallest absolute Gasteiger partial charge is 0.0447 e. The molecule has 0 atom stereocenters. The Kier molecular flexibility index (Phi) is 23.0. The lowest BCUT2D eigenvalue weighted by atomic mass is 10.0. The van der Waals surface area contributed by atoms with Crippen molar-refractivity contribution in [1.29, 1.82) is 0 Å². The summed E-state index contributed by atoms with van der Waals surface area (Å²) in [5, 5.41) is 17.9. The van der Waals surface area contributed by atoms with Crippen LogP contribution in [0, 0.1) is 0 Å². The summed E-state index contributed by atoms with van der Waals surface area (Å²) >= 11 is 0. The molecule has 0 aliphatic heterocycles. The van der Waals surface area contributed by atoms with Crippen LogP contribution >= 0.6 is 0 Å². The van der Waals surface area contributed by atoms with E-state index in [9.17, 15) is 0 Å². The number of aliphatic hydroxyl groups excluding tert-OH is 2. The third kappa shape index (κ3) is 21.6. The Morgan fingerprint density at radius 3 is 1.37 bits per heavy atom. The Morgan fingerprint density at radius 1 is 0.556 bits per heavy atom. The third-order valence-corrected chi connectivity index (χ3v) is 5.25. The molecule has 0 radical (unpaired) electrons. The summed E-state index contributed by atoms with van der Waals surface area (Å²) in [6.45, 7) is 4.52. The standard InChI is InChI=1S/C24H49NO2/c1-2-3-4-5-6-7-8-9-10-11-12-13-14-15-16-17-20-25(21-18-23-26)22-19-24-27/h17,20,26-27H,2-16,18-19,21-24H2,1H3. The number of hydrogen-bond donors (Lipinski definition) is 2. The number of allylic oxidation sites excluding steroid dienone is 1. The van der Waals surface area contributed by atoms with Crippen molar-refractivity contribution in [3.63, 3.8) is 0 Å². The Labute approximate surface area is 170 Å². The SMILES string of the molecule is CCCCCCCCCCCCCCCCC=CN(CCCO)CCCO. The summed E-state index contributed by atoms with van der Waals surface area (Å²) in [7, 11) is 0. The highest BCUT2D eigenvalue weighted by Crippen LogP contribution is 2.13. The van der Waals surface area contributed by atoms with Crippen LogP contribution in [0.25, 0.3) is 0 Å². The minimum absolute atomic E-state index is 0.239. The number of hydrogen-bond acceptors (Lipinski definition) is 3. The van der Waals surface area contributed by atoms with Gasteiger partial charge in [-0.1, -0.05) is 96.5 Å². The van der Waals surface area contributed by atoms with Crippen LogP contribution in [0.2, 0.25) is 0 Å². The molecule has 3 nitrogen and oxygen atoms in total. The van der Waals surface area contributed by atoms with E-state index in [4.69, 9.17) is 10.2 Å². The van der Waals surface area contributed by atoms with E-state index >= 15 is 0 Å². The van der Waals surface area contributed by atoms with Crippen molar-refractivity contribution in [2.24, 2.45) is 0 Å². The average molecular weight is 384 g/mol. The second-order valence-corrected chi connectivity index (χ2v) is 7.96. The lowest BCUT2D eigenvalue weighted by Crippen LogP contribution is -2.21. The minimum atomic E-state index is 0.239. The van der Waals surface area contributed by atoms with Crippen LogP contribution in [0.1, 0.15) is 116 Å².